The van der Waals surface area contributed by atoms with Gasteiger partial charge in [-0.3, -0.25) is 9.88 Å². The van der Waals surface area contributed by atoms with E-state index < -0.39 is 0 Å². The van der Waals surface area contributed by atoms with E-state index in [1.165, 1.54) is 0 Å². The zero-order chi connectivity index (χ0) is 10.4. The Hall–Kier alpha value is -0.310. The van der Waals surface area contributed by atoms with Crippen LogP contribution in [0.25, 0.3) is 0 Å². The van der Waals surface area contributed by atoms with Gasteiger partial charge in [0.25, 0.3) is 0 Å². The molecule has 4 heteroatoms. The number of pyridine rings is 1. The summed E-state index contributed by atoms with van der Waals surface area (Å²) in [5, 5.41) is 0.723. The van der Waals surface area contributed by atoms with Gasteiger partial charge in [0, 0.05) is 31.4 Å². The predicted molar refractivity (Wildman–Crippen MR) is 60.9 cm³/mol. The number of halogens is 2. The van der Waals surface area contributed by atoms with Crippen LogP contribution in [-0.2, 0) is 6.54 Å². The molecule has 0 atom stereocenters. The molecule has 0 aliphatic heterocycles. The second-order valence-corrected chi connectivity index (χ2v) is 3.81. The number of hydrogen-bond acceptors (Lipinski definition) is 2. The fourth-order valence-electron chi connectivity index (χ4n) is 1.24. The van der Waals surface area contributed by atoms with Crippen molar-refractivity contribution in [3.05, 3.63) is 29.0 Å². The third kappa shape index (κ3) is 3.45. The minimum atomic E-state index is 0.649. The molecule has 1 heterocycles. The molecular weight excluding hydrogens is 219 g/mol. The van der Waals surface area contributed by atoms with E-state index in [2.05, 4.69) is 16.8 Å². The maximum absolute atomic E-state index is 6.00. The Morgan fingerprint density at radius 2 is 2.29 bits per heavy atom. The van der Waals surface area contributed by atoms with E-state index in [4.69, 9.17) is 23.2 Å². The predicted octanol–water partition coefficient (Wildman–Crippen LogP) is 2.80. The highest BCUT2D eigenvalue weighted by atomic mass is 35.5. The van der Waals surface area contributed by atoms with Crippen LogP contribution in [0.4, 0.5) is 0 Å². The van der Waals surface area contributed by atoms with E-state index in [9.17, 15) is 0 Å². The number of nitrogens with zero attached hydrogens (tertiary/aromatic N) is 2. The molecule has 1 aromatic heterocycles. The lowest BCUT2D eigenvalue weighted by atomic mass is 10.2. The van der Waals surface area contributed by atoms with Gasteiger partial charge in [-0.1, -0.05) is 18.5 Å². The SMILES string of the molecule is CCN(CCCl)Cc1ccncc1Cl. The first-order valence-corrected chi connectivity index (χ1v) is 5.56. The van der Waals surface area contributed by atoms with E-state index in [0.717, 1.165) is 30.2 Å². The first kappa shape index (κ1) is 11.8. The molecule has 0 aliphatic carbocycles. The van der Waals surface area contributed by atoms with E-state index in [1.807, 2.05) is 6.07 Å². The van der Waals surface area contributed by atoms with Crippen LogP contribution in [0.3, 0.4) is 0 Å². The van der Waals surface area contributed by atoms with E-state index >= 15 is 0 Å². The molecule has 0 N–H and O–H groups in total. The summed E-state index contributed by atoms with van der Waals surface area (Å²) in [4.78, 5) is 6.19. The lowest BCUT2D eigenvalue weighted by Crippen LogP contribution is -2.25. The Labute approximate surface area is 94.8 Å². The molecule has 0 aliphatic rings. The van der Waals surface area contributed by atoms with Gasteiger partial charge in [-0.15, -0.1) is 11.6 Å². The van der Waals surface area contributed by atoms with Crippen LogP contribution < -0.4 is 0 Å². The standard InChI is InChI=1S/C10H14Cl2N2/c1-2-14(6-4-11)8-9-3-5-13-7-10(9)12/h3,5,7H,2,4,6,8H2,1H3. The number of alkyl halides is 1. The zero-order valence-electron chi connectivity index (χ0n) is 8.21. The molecule has 0 saturated carbocycles. The molecular formula is C10H14Cl2N2. The average molecular weight is 233 g/mol. The summed E-state index contributed by atoms with van der Waals surface area (Å²) in [6, 6.07) is 1.94. The van der Waals surface area contributed by atoms with Crippen LogP contribution in [0.15, 0.2) is 18.5 Å². The summed E-state index contributed by atoms with van der Waals surface area (Å²) < 4.78 is 0. The van der Waals surface area contributed by atoms with Gasteiger partial charge in [0.2, 0.25) is 0 Å². The summed E-state index contributed by atoms with van der Waals surface area (Å²) in [6.07, 6.45) is 3.43. The van der Waals surface area contributed by atoms with Crippen molar-refractivity contribution in [1.82, 2.24) is 9.88 Å². The number of rotatable bonds is 5. The topological polar surface area (TPSA) is 16.1 Å². The summed E-state index contributed by atoms with van der Waals surface area (Å²) >= 11 is 11.7. The minimum absolute atomic E-state index is 0.649. The molecule has 14 heavy (non-hydrogen) atoms. The van der Waals surface area contributed by atoms with E-state index in [0.29, 0.717) is 5.88 Å². The first-order valence-electron chi connectivity index (χ1n) is 4.64. The van der Waals surface area contributed by atoms with Crippen molar-refractivity contribution in [2.75, 3.05) is 19.0 Å². The van der Waals surface area contributed by atoms with Crippen molar-refractivity contribution < 1.29 is 0 Å². The number of hydrogen-bond donors (Lipinski definition) is 0. The van der Waals surface area contributed by atoms with Gasteiger partial charge in [0.05, 0.1) is 5.02 Å². The Morgan fingerprint density at radius 3 is 2.86 bits per heavy atom. The second kappa shape index (κ2) is 6.23. The minimum Gasteiger partial charge on any atom is -0.298 e. The van der Waals surface area contributed by atoms with Crippen molar-refractivity contribution in [2.45, 2.75) is 13.5 Å². The van der Waals surface area contributed by atoms with Crippen LogP contribution in [0.1, 0.15) is 12.5 Å². The smallest absolute Gasteiger partial charge is 0.0634 e. The molecule has 2 nitrogen and oxygen atoms in total. The molecule has 0 fully saturated rings. The van der Waals surface area contributed by atoms with Gasteiger partial charge in [-0.05, 0) is 18.2 Å². The summed E-state index contributed by atoms with van der Waals surface area (Å²) in [5.74, 6) is 0.649. The third-order valence-electron chi connectivity index (χ3n) is 2.10. The third-order valence-corrected chi connectivity index (χ3v) is 2.61. The van der Waals surface area contributed by atoms with Gasteiger partial charge < -0.3 is 0 Å². The normalized spacial score (nSPS) is 10.9. The van der Waals surface area contributed by atoms with Gasteiger partial charge in [0.15, 0.2) is 0 Å². The van der Waals surface area contributed by atoms with Crippen molar-refractivity contribution in [3.8, 4) is 0 Å². The fourth-order valence-corrected chi connectivity index (χ4v) is 1.66. The lowest BCUT2D eigenvalue weighted by Gasteiger charge is -2.19. The van der Waals surface area contributed by atoms with E-state index in [1.54, 1.807) is 12.4 Å². The van der Waals surface area contributed by atoms with Crippen molar-refractivity contribution in [3.63, 3.8) is 0 Å². The molecule has 0 spiro atoms. The Bertz CT molecular complexity index is 279. The van der Waals surface area contributed by atoms with E-state index in [-0.39, 0.29) is 0 Å². The second-order valence-electron chi connectivity index (χ2n) is 3.02. The summed E-state index contributed by atoms with van der Waals surface area (Å²) in [7, 11) is 0. The quantitative estimate of drug-likeness (QED) is 0.727. The van der Waals surface area contributed by atoms with Gasteiger partial charge in [-0.25, -0.2) is 0 Å². The fraction of sp³-hybridized carbons (Fsp3) is 0.500. The lowest BCUT2D eigenvalue weighted by molar-refractivity contribution is 0.297. The highest BCUT2D eigenvalue weighted by Crippen LogP contribution is 2.15. The van der Waals surface area contributed by atoms with Gasteiger partial charge in [-0.2, -0.15) is 0 Å². The highest BCUT2D eigenvalue weighted by molar-refractivity contribution is 6.31. The average Bonchev–Trinajstić information content (AvgIpc) is 2.20. The van der Waals surface area contributed by atoms with Gasteiger partial charge in [0.1, 0.15) is 0 Å². The molecule has 0 amide bonds. The summed E-state index contributed by atoms with van der Waals surface area (Å²) in [6.45, 7) is 4.81. The summed E-state index contributed by atoms with van der Waals surface area (Å²) in [5.41, 5.74) is 1.11. The first-order chi connectivity index (χ1) is 6.77. The largest absolute Gasteiger partial charge is 0.298 e. The Morgan fingerprint density at radius 1 is 1.50 bits per heavy atom. The van der Waals surface area contributed by atoms with Crippen LogP contribution in [0, 0.1) is 0 Å². The Kier molecular flexibility index (Phi) is 5.23. The Balaban J connectivity index is 2.62. The number of aromatic nitrogens is 1. The molecule has 0 unspecified atom stereocenters. The molecule has 0 aromatic carbocycles. The van der Waals surface area contributed by atoms with Crippen LogP contribution >= 0.6 is 23.2 Å². The monoisotopic (exact) mass is 232 g/mol. The van der Waals surface area contributed by atoms with Crippen LogP contribution in [0.2, 0.25) is 5.02 Å². The molecule has 0 saturated heterocycles. The molecule has 0 bridgehead atoms. The van der Waals surface area contributed by atoms with Gasteiger partial charge >= 0.3 is 0 Å². The maximum Gasteiger partial charge on any atom is 0.0634 e. The maximum atomic E-state index is 6.00. The van der Waals surface area contributed by atoms with Crippen LogP contribution in [0.5, 0.6) is 0 Å². The molecule has 78 valence electrons. The highest BCUT2D eigenvalue weighted by Gasteiger charge is 2.05. The van der Waals surface area contributed by atoms with Crippen molar-refractivity contribution in [2.24, 2.45) is 0 Å². The molecule has 1 aromatic rings. The zero-order valence-corrected chi connectivity index (χ0v) is 9.72. The van der Waals surface area contributed by atoms with Crippen molar-refractivity contribution in [1.29, 1.82) is 0 Å². The molecule has 0 radical (unpaired) electrons. The van der Waals surface area contributed by atoms with Crippen molar-refractivity contribution >= 4 is 23.2 Å². The molecule has 1 rings (SSSR count). The van der Waals surface area contributed by atoms with Crippen LogP contribution in [-0.4, -0.2) is 28.9 Å².